The zero-order valence-corrected chi connectivity index (χ0v) is 11.3. The van der Waals surface area contributed by atoms with Gasteiger partial charge >= 0.3 is 0 Å². The van der Waals surface area contributed by atoms with Crippen LogP contribution < -0.4 is 5.73 Å². The van der Waals surface area contributed by atoms with Crippen molar-refractivity contribution in [3.8, 4) is 0 Å². The van der Waals surface area contributed by atoms with Crippen molar-refractivity contribution in [1.82, 2.24) is 19.7 Å². The third-order valence-electron chi connectivity index (χ3n) is 3.12. The lowest BCUT2D eigenvalue weighted by molar-refractivity contribution is -0.134. The number of hydrogen-bond donors (Lipinski definition) is 1. The molecule has 1 aliphatic heterocycles. The van der Waals surface area contributed by atoms with Gasteiger partial charge in [-0.1, -0.05) is 13.8 Å². The number of hydrogen-bond acceptors (Lipinski definition) is 4. The molecule has 18 heavy (non-hydrogen) atoms. The van der Waals surface area contributed by atoms with E-state index >= 15 is 0 Å². The minimum absolute atomic E-state index is 0.0237. The van der Waals surface area contributed by atoms with E-state index in [-0.39, 0.29) is 5.91 Å². The van der Waals surface area contributed by atoms with Crippen molar-refractivity contribution in [2.45, 2.75) is 46.3 Å². The van der Waals surface area contributed by atoms with Crippen LogP contribution in [-0.2, 0) is 17.9 Å². The lowest BCUT2D eigenvalue weighted by Crippen LogP contribution is -2.47. The van der Waals surface area contributed by atoms with Crippen LogP contribution in [0, 0.1) is 12.8 Å². The molecule has 1 aromatic rings. The normalized spacial score (nSPS) is 16.8. The summed E-state index contributed by atoms with van der Waals surface area (Å²) in [5, 5.41) is 4.27. The first-order valence-electron chi connectivity index (χ1n) is 6.42. The Morgan fingerprint density at radius 2 is 2.17 bits per heavy atom. The lowest BCUT2D eigenvalue weighted by atomic mass is 10.0. The van der Waals surface area contributed by atoms with E-state index in [2.05, 4.69) is 23.9 Å². The molecule has 100 valence electrons. The molecule has 1 amide bonds. The Bertz CT molecular complexity index is 440. The largest absolute Gasteiger partial charge is 0.332 e. The topological polar surface area (TPSA) is 77.0 Å². The van der Waals surface area contributed by atoms with Gasteiger partial charge < -0.3 is 10.6 Å². The van der Waals surface area contributed by atoms with E-state index in [4.69, 9.17) is 5.73 Å². The highest BCUT2D eigenvalue weighted by atomic mass is 16.2. The Morgan fingerprint density at radius 3 is 2.83 bits per heavy atom. The molecule has 1 atom stereocenters. The van der Waals surface area contributed by atoms with Gasteiger partial charge in [0.1, 0.15) is 11.6 Å². The standard InChI is InChI=1S/C12H21N5O/c1-8(2)6-10(13)12(18)16-4-5-17-11(7-16)14-9(3)15-17/h8,10H,4-7,13H2,1-3H3/t10-/m0/s1. The molecule has 0 bridgehead atoms. The van der Waals surface area contributed by atoms with E-state index in [0.717, 1.165) is 18.1 Å². The molecule has 0 spiro atoms. The number of amides is 1. The van der Waals surface area contributed by atoms with Crippen molar-refractivity contribution in [1.29, 1.82) is 0 Å². The highest BCUT2D eigenvalue weighted by Crippen LogP contribution is 2.13. The Balaban J connectivity index is 2.02. The average Bonchev–Trinajstić information content (AvgIpc) is 2.65. The van der Waals surface area contributed by atoms with E-state index in [1.165, 1.54) is 0 Å². The van der Waals surface area contributed by atoms with E-state index < -0.39 is 6.04 Å². The molecule has 0 aliphatic carbocycles. The number of nitrogens with two attached hydrogens (primary N) is 1. The second-order valence-electron chi connectivity index (χ2n) is 5.29. The van der Waals surface area contributed by atoms with Gasteiger partial charge in [0.25, 0.3) is 0 Å². The number of carbonyl (C=O) groups is 1. The fourth-order valence-corrected chi connectivity index (χ4v) is 2.29. The van der Waals surface area contributed by atoms with Crippen LogP contribution in [-0.4, -0.2) is 38.2 Å². The summed E-state index contributed by atoms with van der Waals surface area (Å²) in [7, 11) is 0. The summed E-state index contributed by atoms with van der Waals surface area (Å²) in [5.74, 6) is 2.06. The van der Waals surface area contributed by atoms with Crippen molar-refractivity contribution in [3.63, 3.8) is 0 Å². The summed E-state index contributed by atoms with van der Waals surface area (Å²) in [5.41, 5.74) is 5.94. The van der Waals surface area contributed by atoms with E-state index in [0.29, 0.717) is 25.6 Å². The summed E-state index contributed by atoms with van der Waals surface area (Å²) >= 11 is 0. The van der Waals surface area contributed by atoms with Gasteiger partial charge in [0.15, 0.2) is 0 Å². The van der Waals surface area contributed by atoms with Crippen LogP contribution in [0.15, 0.2) is 0 Å². The van der Waals surface area contributed by atoms with Crippen LogP contribution in [0.1, 0.15) is 31.9 Å². The van der Waals surface area contributed by atoms with Crippen LogP contribution >= 0.6 is 0 Å². The number of nitrogens with zero attached hydrogens (tertiary/aromatic N) is 4. The number of rotatable bonds is 3. The van der Waals surface area contributed by atoms with Gasteiger partial charge in [-0.25, -0.2) is 9.67 Å². The zero-order valence-electron chi connectivity index (χ0n) is 11.3. The first kappa shape index (κ1) is 13.0. The molecule has 0 radical (unpaired) electrons. The lowest BCUT2D eigenvalue weighted by Gasteiger charge is -2.29. The Kier molecular flexibility index (Phi) is 3.65. The van der Waals surface area contributed by atoms with E-state index in [1.54, 1.807) is 4.90 Å². The monoisotopic (exact) mass is 251 g/mol. The van der Waals surface area contributed by atoms with Crippen molar-refractivity contribution in [2.24, 2.45) is 11.7 Å². The quantitative estimate of drug-likeness (QED) is 0.838. The molecule has 2 heterocycles. The van der Waals surface area contributed by atoms with Crippen LogP contribution in [0.3, 0.4) is 0 Å². The molecular formula is C12H21N5O. The maximum Gasteiger partial charge on any atom is 0.239 e. The molecule has 0 saturated carbocycles. The van der Waals surface area contributed by atoms with Gasteiger partial charge in [-0.3, -0.25) is 4.79 Å². The fourth-order valence-electron chi connectivity index (χ4n) is 2.29. The Hall–Kier alpha value is -1.43. The smallest absolute Gasteiger partial charge is 0.239 e. The molecule has 1 aromatic heterocycles. The number of carbonyl (C=O) groups excluding carboxylic acids is 1. The molecule has 2 rings (SSSR count). The second-order valence-corrected chi connectivity index (χ2v) is 5.29. The highest BCUT2D eigenvalue weighted by molar-refractivity contribution is 5.81. The number of fused-ring (bicyclic) bond motifs is 1. The summed E-state index contributed by atoms with van der Waals surface area (Å²) in [4.78, 5) is 18.3. The van der Waals surface area contributed by atoms with Crippen molar-refractivity contribution < 1.29 is 4.79 Å². The predicted octanol–water partition coefficient (Wildman–Crippen LogP) is 0.302. The fraction of sp³-hybridized carbons (Fsp3) is 0.750. The van der Waals surface area contributed by atoms with E-state index in [9.17, 15) is 4.79 Å². The summed E-state index contributed by atoms with van der Waals surface area (Å²) in [6.07, 6.45) is 0.723. The second kappa shape index (κ2) is 5.06. The maximum absolute atomic E-state index is 12.2. The number of aromatic nitrogens is 3. The molecule has 2 N–H and O–H groups in total. The highest BCUT2D eigenvalue weighted by Gasteiger charge is 2.26. The minimum Gasteiger partial charge on any atom is -0.332 e. The third-order valence-corrected chi connectivity index (χ3v) is 3.12. The molecule has 6 heteroatoms. The summed E-state index contributed by atoms with van der Waals surface area (Å²) < 4.78 is 1.87. The van der Waals surface area contributed by atoms with Crippen LogP contribution in [0.25, 0.3) is 0 Å². The Morgan fingerprint density at radius 1 is 1.44 bits per heavy atom. The molecule has 0 aromatic carbocycles. The Labute approximate surface area is 107 Å². The first-order chi connectivity index (χ1) is 8.47. The van der Waals surface area contributed by atoms with Crippen LogP contribution in [0.4, 0.5) is 0 Å². The molecule has 0 fully saturated rings. The van der Waals surface area contributed by atoms with Gasteiger partial charge in [-0.15, -0.1) is 0 Å². The van der Waals surface area contributed by atoms with Gasteiger partial charge in [-0.05, 0) is 19.3 Å². The summed E-state index contributed by atoms with van der Waals surface area (Å²) in [6.45, 7) is 7.90. The van der Waals surface area contributed by atoms with Crippen molar-refractivity contribution in [3.05, 3.63) is 11.6 Å². The molecular weight excluding hydrogens is 230 g/mol. The SMILES string of the molecule is Cc1nc2n(n1)CCN(C(=O)[C@@H](N)CC(C)C)C2. The van der Waals surface area contributed by atoms with Crippen LogP contribution in [0.5, 0.6) is 0 Å². The maximum atomic E-state index is 12.2. The molecule has 0 saturated heterocycles. The average molecular weight is 251 g/mol. The zero-order chi connectivity index (χ0) is 13.3. The molecule has 0 unspecified atom stereocenters. The van der Waals surface area contributed by atoms with Crippen LogP contribution in [0.2, 0.25) is 0 Å². The summed E-state index contributed by atoms with van der Waals surface area (Å²) in [6, 6.07) is -0.402. The first-order valence-corrected chi connectivity index (χ1v) is 6.42. The van der Waals surface area contributed by atoms with Gasteiger partial charge in [0.05, 0.1) is 19.1 Å². The van der Waals surface area contributed by atoms with E-state index in [1.807, 2.05) is 11.6 Å². The minimum atomic E-state index is -0.402. The third kappa shape index (κ3) is 2.69. The van der Waals surface area contributed by atoms with Crippen molar-refractivity contribution in [2.75, 3.05) is 6.54 Å². The van der Waals surface area contributed by atoms with Crippen molar-refractivity contribution >= 4 is 5.91 Å². The molecule has 6 nitrogen and oxygen atoms in total. The predicted molar refractivity (Wildman–Crippen MR) is 67.6 cm³/mol. The molecule has 1 aliphatic rings. The van der Waals surface area contributed by atoms with Gasteiger partial charge in [0.2, 0.25) is 5.91 Å². The number of aryl methyl sites for hydroxylation is 1. The van der Waals surface area contributed by atoms with Gasteiger partial charge in [0, 0.05) is 6.54 Å². The van der Waals surface area contributed by atoms with Gasteiger partial charge in [-0.2, -0.15) is 5.10 Å².